The quantitative estimate of drug-likeness (QED) is 0.294. The first kappa shape index (κ1) is 27.4. The molecule has 1 amide bonds. The molecular weight excluding hydrogens is 480 g/mol. The minimum atomic E-state index is -0.747. The van der Waals surface area contributed by atoms with Crippen LogP contribution in [-0.4, -0.2) is 36.9 Å². The Morgan fingerprint density at radius 2 is 1.92 bits per heavy atom. The molecule has 3 aromatic rings. The summed E-state index contributed by atoms with van der Waals surface area (Å²) in [6.07, 6.45) is 11.6. The number of carboxylic acid groups (broad SMARTS) is 1. The van der Waals surface area contributed by atoms with Crippen molar-refractivity contribution in [1.29, 1.82) is 0 Å². The van der Waals surface area contributed by atoms with E-state index in [2.05, 4.69) is 23.9 Å². The summed E-state index contributed by atoms with van der Waals surface area (Å²) in [5.41, 5.74) is 4.45. The predicted molar refractivity (Wildman–Crippen MR) is 146 cm³/mol. The van der Waals surface area contributed by atoms with Crippen molar-refractivity contribution < 1.29 is 19.8 Å². The van der Waals surface area contributed by atoms with Crippen LogP contribution in [0.2, 0.25) is 0 Å². The number of phenolic OH excluding ortho intramolecular Hbond substituents is 1. The lowest BCUT2D eigenvalue weighted by molar-refractivity contribution is -0.137. The molecule has 1 aliphatic rings. The molecule has 202 valence electrons. The fraction of sp³-hybridized carbons (Fsp3) is 0.467. The molecule has 8 heteroatoms. The van der Waals surface area contributed by atoms with Crippen molar-refractivity contribution in [2.75, 3.05) is 4.90 Å². The molecule has 1 aliphatic carbocycles. The number of carbonyl (C=O) groups is 2. The predicted octanol–water partition coefficient (Wildman–Crippen LogP) is 5.80. The number of phenols is 1. The van der Waals surface area contributed by atoms with Crippen LogP contribution in [0.25, 0.3) is 0 Å². The number of carbonyl (C=O) groups excluding carboxylic acids is 1. The van der Waals surface area contributed by atoms with Gasteiger partial charge in [0.05, 0.1) is 30.5 Å². The van der Waals surface area contributed by atoms with Crippen molar-refractivity contribution >= 4 is 17.6 Å². The van der Waals surface area contributed by atoms with Gasteiger partial charge in [0.25, 0.3) is 0 Å². The van der Waals surface area contributed by atoms with Gasteiger partial charge in [0.1, 0.15) is 5.75 Å². The zero-order valence-electron chi connectivity index (χ0n) is 22.3. The van der Waals surface area contributed by atoms with Crippen molar-refractivity contribution in [3.8, 4) is 5.75 Å². The number of rotatable bonds is 12. The standard InChI is InChI=1S/C30H38N4O4/c1-21(2)27-15-14-23(18-31-27)34(30(38)26-11-7-10-25-24(26)9-8-12-28(25)35)20-22-17-32-33(19-22)16-6-4-3-5-13-29(36)37/h8-9,12,14-15,17-19,21,26,35H,3-7,10-11,13,16,20H2,1-2H3,(H,36,37). The number of pyridine rings is 1. The average Bonchev–Trinajstić information content (AvgIpc) is 3.36. The van der Waals surface area contributed by atoms with Gasteiger partial charge in [0.2, 0.25) is 5.91 Å². The summed E-state index contributed by atoms with van der Waals surface area (Å²) in [7, 11) is 0. The molecular formula is C30H38N4O4. The average molecular weight is 519 g/mol. The lowest BCUT2D eigenvalue weighted by Gasteiger charge is -2.31. The second-order valence-electron chi connectivity index (χ2n) is 10.5. The zero-order chi connectivity index (χ0) is 27.1. The van der Waals surface area contributed by atoms with Crippen LogP contribution in [0.4, 0.5) is 5.69 Å². The number of aryl methyl sites for hydroxylation is 1. The Labute approximate surface area is 224 Å². The lowest BCUT2D eigenvalue weighted by Crippen LogP contribution is -2.36. The summed E-state index contributed by atoms with van der Waals surface area (Å²) >= 11 is 0. The lowest BCUT2D eigenvalue weighted by atomic mass is 9.81. The van der Waals surface area contributed by atoms with E-state index in [9.17, 15) is 14.7 Å². The number of aliphatic carboxylic acids is 1. The van der Waals surface area contributed by atoms with E-state index in [-0.39, 0.29) is 24.0 Å². The molecule has 2 aromatic heterocycles. The number of fused-ring (bicyclic) bond motifs is 1. The second kappa shape index (κ2) is 12.7. The van der Waals surface area contributed by atoms with Crippen LogP contribution in [0.5, 0.6) is 5.75 Å². The van der Waals surface area contributed by atoms with E-state index in [0.717, 1.165) is 73.1 Å². The highest BCUT2D eigenvalue weighted by atomic mass is 16.4. The molecule has 4 rings (SSSR count). The largest absolute Gasteiger partial charge is 0.508 e. The Bertz CT molecular complexity index is 1240. The first-order valence-corrected chi connectivity index (χ1v) is 13.6. The third-order valence-electron chi connectivity index (χ3n) is 7.28. The molecule has 1 aromatic carbocycles. The van der Waals surface area contributed by atoms with Crippen LogP contribution in [-0.2, 0) is 29.1 Å². The molecule has 0 saturated carbocycles. The van der Waals surface area contributed by atoms with Crippen molar-refractivity contribution in [3.05, 3.63) is 71.3 Å². The Morgan fingerprint density at radius 1 is 1.11 bits per heavy atom. The van der Waals surface area contributed by atoms with Crippen molar-refractivity contribution in [2.24, 2.45) is 0 Å². The van der Waals surface area contributed by atoms with E-state index in [0.29, 0.717) is 18.9 Å². The fourth-order valence-electron chi connectivity index (χ4n) is 5.17. The Balaban J connectivity index is 1.51. The number of amides is 1. The SMILES string of the molecule is CC(C)c1ccc(N(Cc2cnn(CCCCCCC(=O)O)c2)C(=O)C2CCCc3c(O)cccc32)cn1. The summed E-state index contributed by atoms with van der Waals surface area (Å²) in [5, 5.41) is 23.7. The van der Waals surface area contributed by atoms with E-state index in [1.54, 1.807) is 23.4 Å². The molecule has 0 bridgehead atoms. The fourth-order valence-corrected chi connectivity index (χ4v) is 5.17. The molecule has 2 heterocycles. The highest BCUT2D eigenvalue weighted by molar-refractivity contribution is 5.98. The number of unbranched alkanes of at least 4 members (excludes halogenated alkanes) is 3. The molecule has 2 N–H and O–H groups in total. The van der Waals surface area contributed by atoms with E-state index in [1.807, 2.05) is 35.1 Å². The highest BCUT2D eigenvalue weighted by Crippen LogP contribution is 2.38. The maximum atomic E-state index is 14.1. The van der Waals surface area contributed by atoms with E-state index < -0.39 is 5.97 Å². The molecule has 38 heavy (non-hydrogen) atoms. The van der Waals surface area contributed by atoms with Crippen molar-refractivity contribution in [1.82, 2.24) is 14.8 Å². The number of benzene rings is 1. The Hall–Kier alpha value is -3.68. The third-order valence-corrected chi connectivity index (χ3v) is 7.28. The number of hydrogen-bond acceptors (Lipinski definition) is 5. The summed E-state index contributed by atoms with van der Waals surface area (Å²) in [5.74, 6) is -0.510. The molecule has 0 radical (unpaired) electrons. The van der Waals surface area contributed by atoms with Crippen LogP contribution in [0.1, 0.15) is 93.0 Å². The van der Waals surface area contributed by atoms with Gasteiger partial charge in [-0.2, -0.15) is 5.10 Å². The first-order chi connectivity index (χ1) is 18.3. The summed E-state index contributed by atoms with van der Waals surface area (Å²) in [6.45, 7) is 5.32. The maximum absolute atomic E-state index is 14.1. The normalized spacial score (nSPS) is 14.9. The molecule has 0 saturated heterocycles. The molecule has 1 atom stereocenters. The van der Waals surface area contributed by atoms with Crippen LogP contribution in [0, 0.1) is 0 Å². The van der Waals surface area contributed by atoms with Gasteiger partial charge in [-0.1, -0.05) is 38.8 Å². The number of anilines is 1. The molecule has 0 fully saturated rings. The van der Waals surface area contributed by atoms with Crippen molar-refractivity contribution in [3.63, 3.8) is 0 Å². The highest BCUT2D eigenvalue weighted by Gasteiger charge is 2.32. The van der Waals surface area contributed by atoms with Gasteiger partial charge in [-0.05, 0) is 67.3 Å². The molecule has 0 aliphatic heterocycles. The Kier molecular flexibility index (Phi) is 9.15. The van der Waals surface area contributed by atoms with Gasteiger partial charge in [-0.15, -0.1) is 0 Å². The second-order valence-corrected chi connectivity index (χ2v) is 10.5. The van der Waals surface area contributed by atoms with Crippen molar-refractivity contribution in [2.45, 2.75) is 90.1 Å². The van der Waals surface area contributed by atoms with Crippen LogP contribution in [0.3, 0.4) is 0 Å². The number of aromatic hydroxyl groups is 1. The zero-order valence-corrected chi connectivity index (χ0v) is 22.3. The number of hydrogen-bond donors (Lipinski definition) is 2. The summed E-state index contributed by atoms with van der Waals surface area (Å²) in [6, 6.07) is 9.42. The minimum absolute atomic E-state index is 0.00169. The topological polar surface area (TPSA) is 109 Å². The van der Waals surface area contributed by atoms with E-state index in [4.69, 9.17) is 5.11 Å². The minimum Gasteiger partial charge on any atom is -0.508 e. The van der Waals surface area contributed by atoms with Gasteiger partial charge in [0, 0.05) is 30.4 Å². The van der Waals surface area contributed by atoms with Gasteiger partial charge in [-0.25, -0.2) is 0 Å². The number of carboxylic acids is 1. The maximum Gasteiger partial charge on any atom is 0.303 e. The summed E-state index contributed by atoms with van der Waals surface area (Å²) in [4.78, 5) is 31.1. The van der Waals surface area contributed by atoms with Crippen LogP contribution < -0.4 is 4.90 Å². The van der Waals surface area contributed by atoms with E-state index in [1.165, 1.54) is 0 Å². The molecule has 1 unspecified atom stereocenters. The molecule has 0 spiro atoms. The number of aromatic nitrogens is 3. The van der Waals surface area contributed by atoms with Gasteiger partial charge in [0.15, 0.2) is 0 Å². The summed E-state index contributed by atoms with van der Waals surface area (Å²) < 4.78 is 1.89. The van der Waals surface area contributed by atoms with Gasteiger partial charge < -0.3 is 15.1 Å². The van der Waals surface area contributed by atoms with Gasteiger partial charge in [-0.3, -0.25) is 19.3 Å². The Morgan fingerprint density at radius 3 is 2.66 bits per heavy atom. The monoisotopic (exact) mass is 518 g/mol. The molecule has 8 nitrogen and oxygen atoms in total. The third kappa shape index (κ3) is 6.79. The van der Waals surface area contributed by atoms with Crippen LogP contribution >= 0.6 is 0 Å². The number of nitrogens with zero attached hydrogens (tertiary/aromatic N) is 4. The first-order valence-electron chi connectivity index (χ1n) is 13.6. The van der Waals surface area contributed by atoms with Crippen LogP contribution in [0.15, 0.2) is 48.9 Å². The smallest absolute Gasteiger partial charge is 0.303 e. The van der Waals surface area contributed by atoms with Gasteiger partial charge >= 0.3 is 5.97 Å². The van der Waals surface area contributed by atoms with E-state index >= 15 is 0 Å².